The molecule has 0 saturated heterocycles. The number of nitrogens with zero attached hydrogens (tertiary/aromatic N) is 6. The molecule has 2 bridgehead atoms. The van der Waals surface area contributed by atoms with Crippen molar-refractivity contribution in [3.05, 3.63) is 16.0 Å². The van der Waals surface area contributed by atoms with Crippen LogP contribution in [0, 0.1) is 30.1 Å². The summed E-state index contributed by atoms with van der Waals surface area (Å²) in [5.41, 5.74) is 1.13. The number of fused-ring (bicyclic) bond motifs is 8. The second-order valence-corrected chi connectivity index (χ2v) is 7.64. The minimum Gasteiger partial charge on any atom is -0.465 e. The fourth-order valence-corrected chi connectivity index (χ4v) is 5.76. The molecule has 2 saturated carbocycles. The molecule has 2 aliphatic carbocycles. The number of carbonyl (C=O) groups is 1. The number of thiophene rings is 1. The summed E-state index contributed by atoms with van der Waals surface area (Å²) in [5.74, 6) is 0.352. The summed E-state index contributed by atoms with van der Waals surface area (Å²) >= 11 is 1.26. The molecular formula is C15H14N6O2S. The van der Waals surface area contributed by atoms with E-state index in [0.29, 0.717) is 38.9 Å². The van der Waals surface area contributed by atoms with Crippen LogP contribution in [0.3, 0.4) is 0 Å². The van der Waals surface area contributed by atoms with Gasteiger partial charge < -0.3 is 4.74 Å². The number of ether oxygens (including phenoxy) is 1. The third-order valence-corrected chi connectivity index (χ3v) is 6.98. The van der Waals surface area contributed by atoms with Gasteiger partial charge in [0.15, 0.2) is 0 Å². The van der Waals surface area contributed by atoms with Gasteiger partial charge in [0, 0.05) is 11.8 Å². The van der Waals surface area contributed by atoms with Gasteiger partial charge >= 0.3 is 5.97 Å². The van der Waals surface area contributed by atoms with E-state index in [9.17, 15) is 10.1 Å². The number of carbonyl (C=O) groups excluding carboxylic acids is 1. The fourth-order valence-electron chi connectivity index (χ4n) is 4.59. The normalized spacial score (nSPS) is 37.1. The molecule has 0 radical (unpaired) electrons. The number of hydrogen-bond acceptors (Lipinski definition) is 9. The van der Waals surface area contributed by atoms with Gasteiger partial charge in [0.1, 0.15) is 34.1 Å². The first-order valence-corrected chi connectivity index (χ1v) is 8.69. The van der Waals surface area contributed by atoms with E-state index in [0.717, 1.165) is 6.42 Å². The third kappa shape index (κ3) is 1.50. The Morgan fingerprint density at radius 1 is 1.29 bits per heavy atom. The highest BCUT2D eigenvalue weighted by Gasteiger charge is 2.65. The standard InChI is InChI=1S/C15H14N6O2S/c1-5-8(4-16)14(24-13(5)15(22)23-2)21-12-7-3-6(11(12)19-20-21)9-10(7)18-17-9/h6-7,9-12H,3H2,1-2H3/t6-,7+,9+,10-,11-,12+/m0/s1. The second-order valence-electron chi connectivity index (χ2n) is 6.65. The van der Waals surface area contributed by atoms with Crippen molar-refractivity contribution < 1.29 is 9.53 Å². The summed E-state index contributed by atoms with van der Waals surface area (Å²) < 4.78 is 4.83. The molecule has 0 unspecified atom stereocenters. The van der Waals surface area contributed by atoms with Crippen molar-refractivity contribution in [2.45, 2.75) is 37.5 Å². The zero-order valence-electron chi connectivity index (χ0n) is 13.1. The molecule has 0 amide bonds. The number of anilines is 1. The number of esters is 1. The van der Waals surface area contributed by atoms with Gasteiger partial charge in [0.2, 0.25) is 0 Å². The zero-order valence-corrected chi connectivity index (χ0v) is 13.9. The Kier molecular flexibility index (Phi) is 2.69. The summed E-state index contributed by atoms with van der Waals surface area (Å²) in [6.45, 7) is 1.77. The van der Waals surface area contributed by atoms with E-state index in [1.807, 2.05) is 5.01 Å². The van der Waals surface area contributed by atoms with E-state index in [4.69, 9.17) is 4.74 Å². The van der Waals surface area contributed by atoms with Crippen molar-refractivity contribution in [1.29, 1.82) is 5.26 Å². The van der Waals surface area contributed by atoms with Crippen LogP contribution in [0.5, 0.6) is 0 Å². The maximum absolute atomic E-state index is 12.0. The Morgan fingerprint density at radius 2 is 2.04 bits per heavy atom. The van der Waals surface area contributed by atoms with E-state index >= 15 is 0 Å². The summed E-state index contributed by atoms with van der Waals surface area (Å²) in [7, 11) is 1.34. The van der Waals surface area contributed by atoms with Crippen molar-refractivity contribution in [3.63, 3.8) is 0 Å². The van der Waals surface area contributed by atoms with Crippen LogP contribution >= 0.6 is 11.3 Å². The molecule has 0 N–H and O–H groups in total. The molecule has 9 heteroatoms. The molecule has 1 aromatic heterocycles. The molecule has 2 aliphatic heterocycles. The summed E-state index contributed by atoms with van der Waals surface area (Å²) in [6, 6.07) is 3.03. The lowest BCUT2D eigenvalue weighted by Gasteiger charge is -2.38. The largest absolute Gasteiger partial charge is 0.465 e. The molecule has 24 heavy (non-hydrogen) atoms. The lowest BCUT2D eigenvalue weighted by molar-refractivity contribution is 0.0605. The molecule has 1 aromatic rings. The predicted octanol–water partition coefficient (Wildman–Crippen LogP) is 2.49. The van der Waals surface area contributed by atoms with Crippen LogP contribution in [0.4, 0.5) is 5.00 Å². The SMILES string of the molecule is COC(=O)c1sc(N2N=N[C@H]3[C@H]4C[C@H]([C@@H]5N=N[C@H]45)[C@H]32)c(C#N)c1C. The topological polar surface area (TPSA) is 103 Å². The van der Waals surface area contributed by atoms with E-state index < -0.39 is 5.97 Å². The smallest absolute Gasteiger partial charge is 0.348 e. The van der Waals surface area contributed by atoms with Crippen molar-refractivity contribution in [1.82, 2.24) is 0 Å². The van der Waals surface area contributed by atoms with Gasteiger partial charge in [-0.05, 0) is 18.9 Å². The molecule has 4 aliphatic rings. The fraction of sp³-hybridized carbons (Fsp3) is 0.600. The number of nitriles is 1. The first-order chi connectivity index (χ1) is 11.7. The van der Waals surface area contributed by atoms with E-state index in [1.165, 1.54) is 18.4 Å². The maximum Gasteiger partial charge on any atom is 0.348 e. The van der Waals surface area contributed by atoms with Gasteiger partial charge in [0.05, 0.1) is 18.7 Å². The molecule has 3 heterocycles. The van der Waals surface area contributed by atoms with Gasteiger partial charge in [0.25, 0.3) is 0 Å². The number of hydrogen-bond donors (Lipinski definition) is 0. The van der Waals surface area contributed by atoms with Crippen LogP contribution in [0.15, 0.2) is 20.6 Å². The van der Waals surface area contributed by atoms with Crippen LogP contribution in [-0.4, -0.2) is 37.2 Å². The van der Waals surface area contributed by atoms with Crippen molar-refractivity contribution in [3.8, 4) is 6.07 Å². The lowest BCUT2D eigenvalue weighted by Crippen LogP contribution is -2.52. The number of azo groups is 1. The monoisotopic (exact) mass is 342 g/mol. The van der Waals surface area contributed by atoms with Gasteiger partial charge in [-0.25, -0.2) is 9.80 Å². The summed E-state index contributed by atoms with van der Waals surface area (Å²) in [5, 5.41) is 29.5. The maximum atomic E-state index is 12.0. The first kappa shape index (κ1) is 14.0. The Morgan fingerprint density at radius 3 is 2.71 bits per heavy atom. The van der Waals surface area contributed by atoms with Gasteiger partial charge in [-0.2, -0.15) is 20.6 Å². The van der Waals surface area contributed by atoms with Crippen LogP contribution in [0.1, 0.15) is 27.2 Å². The summed E-state index contributed by atoms with van der Waals surface area (Å²) in [4.78, 5) is 12.4. The molecule has 0 aromatic carbocycles. The second kappa shape index (κ2) is 4.60. The highest BCUT2D eigenvalue weighted by molar-refractivity contribution is 7.18. The molecule has 122 valence electrons. The van der Waals surface area contributed by atoms with Crippen molar-refractivity contribution >= 4 is 22.3 Å². The average molecular weight is 342 g/mol. The summed E-state index contributed by atoms with van der Waals surface area (Å²) in [6.07, 6.45) is 1.06. The van der Waals surface area contributed by atoms with Crippen molar-refractivity contribution in [2.75, 3.05) is 12.1 Å². The highest BCUT2D eigenvalue weighted by Crippen LogP contribution is 2.57. The van der Waals surface area contributed by atoms with Crippen LogP contribution in [0.2, 0.25) is 0 Å². The van der Waals surface area contributed by atoms with E-state index in [1.54, 1.807) is 6.92 Å². The van der Waals surface area contributed by atoms with Crippen molar-refractivity contribution in [2.24, 2.45) is 32.4 Å². The number of rotatable bonds is 2. The molecule has 2 fully saturated rings. The Bertz CT molecular complexity index is 855. The zero-order chi connectivity index (χ0) is 16.6. The van der Waals surface area contributed by atoms with E-state index in [2.05, 4.69) is 26.6 Å². The van der Waals surface area contributed by atoms with Crippen LogP contribution < -0.4 is 5.01 Å². The van der Waals surface area contributed by atoms with Gasteiger partial charge in [-0.15, -0.1) is 11.3 Å². The first-order valence-electron chi connectivity index (χ1n) is 7.87. The highest BCUT2D eigenvalue weighted by atomic mass is 32.1. The Hall–Kier alpha value is -2.34. The lowest BCUT2D eigenvalue weighted by atomic mass is 9.82. The van der Waals surface area contributed by atoms with Gasteiger partial charge in [-0.1, -0.05) is 5.22 Å². The van der Waals surface area contributed by atoms with E-state index in [-0.39, 0.29) is 18.1 Å². The van der Waals surface area contributed by atoms with Crippen LogP contribution in [-0.2, 0) is 4.74 Å². The molecular weight excluding hydrogens is 328 g/mol. The minimum absolute atomic E-state index is 0.117. The van der Waals surface area contributed by atoms with Crippen LogP contribution in [0.25, 0.3) is 0 Å². The predicted molar refractivity (Wildman–Crippen MR) is 84.1 cm³/mol. The molecule has 8 nitrogen and oxygen atoms in total. The van der Waals surface area contributed by atoms with Gasteiger partial charge in [-0.3, -0.25) is 0 Å². The Labute approximate surface area is 141 Å². The molecule has 0 spiro atoms. The quantitative estimate of drug-likeness (QED) is 0.770. The minimum atomic E-state index is -0.422. The molecule has 6 atom stereocenters. The number of methoxy groups -OCH3 is 1. The Balaban J connectivity index is 1.56. The molecule has 5 rings (SSSR count). The third-order valence-electron chi connectivity index (χ3n) is 5.71. The average Bonchev–Trinajstić information content (AvgIpc) is 3.24.